The topological polar surface area (TPSA) is 63.0 Å². The average Bonchev–Trinajstić information content (AvgIpc) is 3.36. The van der Waals surface area contributed by atoms with Gasteiger partial charge in [-0.2, -0.15) is 0 Å². The van der Waals surface area contributed by atoms with E-state index in [2.05, 4.69) is 20.8 Å². The number of methoxy groups -OCH3 is 1. The van der Waals surface area contributed by atoms with Crippen molar-refractivity contribution in [1.29, 1.82) is 0 Å². The highest BCUT2D eigenvalue weighted by atomic mass is 16.5. The summed E-state index contributed by atoms with van der Waals surface area (Å²) in [4.78, 5) is 30.3. The number of hydrogen-bond donors (Lipinski definition) is 0. The van der Waals surface area contributed by atoms with Crippen LogP contribution in [0.15, 0.2) is 77.4 Å². The second-order valence-corrected chi connectivity index (χ2v) is 9.72. The number of benzene rings is 2. The van der Waals surface area contributed by atoms with Gasteiger partial charge in [-0.1, -0.05) is 63.2 Å². The van der Waals surface area contributed by atoms with E-state index in [1.165, 1.54) is 0 Å². The number of carbonyl (C=O) groups excluding carboxylic acids is 2. The zero-order valence-electron chi connectivity index (χ0n) is 21.2. The number of amides is 2. The molecule has 0 aliphatic heterocycles. The van der Waals surface area contributed by atoms with Crippen LogP contribution >= 0.6 is 0 Å². The average molecular weight is 477 g/mol. The third kappa shape index (κ3) is 7.82. The van der Waals surface area contributed by atoms with Crippen molar-refractivity contribution < 1.29 is 18.7 Å². The molecule has 1 heterocycles. The second kappa shape index (κ2) is 12.4. The first kappa shape index (κ1) is 26.2. The normalized spacial score (nSPS) is 11.3. The van der Waals surface area contributed by atoms with Crippen molar-refractivity contribution >= 4 is 11.8 Å². The minimum Gasteiger partial charge on any atom is -0.467 e. The summed E-state index contributed by atoms with van der Waals surface area (Å²) in [6.45, 7) is 8.11. The van der Waals surface area contributed by atoms with Crippen LogP contribution in [0.3, 0.4) is 0 Å². The van der Waals surface area contributed by atoms with E-state index >= 15 is 0 Å². The molecule has 2 amide bonds. The first-order chi connectivity index (χ1) is 16.8. The summed E-state index contributed by atoms with van der Waals surface area (Å²) >= 11 is 0. The number of rotatable bonds is 11. The summed E-state index contributed by atoms with van der Waals surface area (Å²) in [5, 5.41) is 0. The Morgan fingerprint density at radius 1 is 0.886 bits per heavy atom. The van der Waals surface area contributed by atoms with E-state index < -0.39 is 0 Å². The molecule has 3 rings (SSSR count). The van der Waals surface area contributed by atoms with Gasteiger partial charge in [0.1, 0.15) is 12.3 Å². The first-order valence-corrected chi connectivity index (χ1v) is 12.0. The van der Waals surface area contributed by atoms with Crippen molar-refractivity contribution in [3.63, 3.8) is 0 Å². The highest BCUT2D eigenvalue weighted by molar-refractivity contribution is 5.96. The molecule has 0 atom stereocenters. The lowest BCUT2D eigenvalue weighted by molar-refractivity contribution is -0.133. The van der Waals surface area contributed by atoms with Crippen LogP contribution in [0.1, 0.15) is 54.4 Å². The fourth-order valence-electron chi connectivity index (χ4n) is 3.84. The van der Waals surface area contributed by atoms with Crippen LogP contribution < -0.4 is 0 Å². The molecule has 2 aromatic carbocycles. The zero-order chi connectivity index (χ0) is 25.3. The predicted octanol–water partition coefficient (Wildman–Crippen LogP) is 5.28. The second-order valence-electron chi connectivity index (χ2n) is 9.72. The lowest BCUT2D eigenvalue weighted by Crippen LogP contribution is -2.43. The lowest BCUT2D eigenvalue weighted by Gasteiger charge is -2.28. The number of nitrogens with zero attached hydrogens (tertiary/aromatic N) is 2. The standard InChI is InChI=1S/C29H36N2O4/c1-29(2,3)25-15-13-24(14-16-25)28(33)30(17-9-18-34-4)22-27(32)31(21-26-12-8-19-35-26)20-23-10-6-5-7-11-23/h5-8,10-16,19H,9,17-18,20-22H2,1-4H3. The molecule has 0 fully saturated rings. The van der Waals surface area contributed by atoms with Gasteiger partial charge in [0.2, 0.25) is 5.91 Å². The van der Waals surface area contributed by atoms with Gasteiger partial charge >= 0.3 is 0 Å². The Morgan fingerprint density at radius 2 is 1.60 bits per heavy atom. The molecular formula is C29H36N2O4. The monoisotopic (exact) mass is 476 g/mol. The molecule has 6 heteroatoms. The minimum atomic E-state index is -0.160. The summed E-state index contributed by atoms with van der Waals surface area (Å²) in [6.07, 6.45) is 2.24. The van der Waals surface area contributed by atoms with E-state index in [1.807, 2.05) is 66.7 Å². The van der Waals surface area contributed by atoms with E-state index in [9.17, 15) is 9.59 Å². The molecule has 35 heavy (non-hydrogen) atoms. The summed E-state index contributed by atoms with van der Waals surface area (Å²) in [5.41, 5.74) is 2.74. The van der Waals surface area contributed by atoms with Crippen LogP contribution in [0.2, 0.25) is 0 Å². The van der Waals surface area contributed by atoms with E-state index in [-0.39, 0.29) is 23.8 Å². The summed E-state index contributed by atoms with van der Waals surface area (Å²) in [6, 6.07) is 21.2. The van der Waals surface area contributed by atoms with E-state index in [1.54, 1.807) is 23.2 Å². The zero-order valence-corrected chi connectivity index (χ0v) is 21.2. The molecular weight excluding hydrogens is 440 g/mol. The van der Waals surface area contributed by atoms with Crippen LogP contribution in [-0.2, 0) is 28.0 Å². The number of hydrogen-bond acceptors (Lipinski definition) is 4. The smallest absolute Gasteiger partial charge is 0.254 e. The fourth-order valence-corrected chi connectivity index (χ4v) is 3.84. The van der Waals surface area contributed by atoms with E-state index in [0.717, 1.165) is 11.1 Å². The molecule has 0 spiro atoms. The van der Waals surface area contributed by atoms with Gasteiger partial charge < -0.3 is 19.0 Å². The quantitative estimate of drug-likeness (QED) is 0.353. The van der Waals surface area contributed by atoms with Gasteiger partial charge in [-0.25, -0.2) is 0 Å². The van der Waals surface area contributed by atoms with Crippen molar-refractivity contribution in [2.24, 2.45) is 0 Å². The molecule has 0 aliphatic carbocycles. The number of carbonyl (C=O) groups is 2. The van der Waals surface area contributed by atoms with Gasteiger partial charge in [-0.15, -0.1) is 0 Å². The Morgan fingerprint density at radius 3 is 2.20 bits per heavy atom. The maximum atomic E-state index is 13.5. The van der Waals surface area contributed by atoms with Crippen molar-refractivity contribution in [3.05, 3.63) is 95.4 Å². The lowest BCUT2D eigenvalue weighted by atomic mass is 9.86. The van der Waals surface area contributed by atoms with Gasteiger partial charge in [0, 0.05) is 32.4 Å². The van der Waals surface area contributed by atoms with Gasteiger partial charge in [-0.05, 0) is 47.2 Å². The molecule has 1 aromatic heterocycles. The van der Waals surface area contributed by atoms with Gasteiger partial charge in [0.15, 0.2) is 0 Å². The Labute approximate surface area is 208 Å². The summed E-state index contributed by atoms with van der Waals surface area (Å²) in [7, 11) is 1.63. The Bertz CT molecular complexity index is 1050. The highest BCUT2D eigenvalue weighted by Crippen LogP contribution is 2.22. The van der Waals surface area contributed by atoms with Crippen molar-refractivity contribution in [1.82, 2.24) is 9.80 Å². The number of ether oxygens (including phenoxy) is 1. The van der Waals surface area contributed by atoms with Crippen LogP contribution in [0, 0.1) is 0 Å². The van der Waals surface area contributed by atoms with Crippen molar-refractivity contribution in [2.45, 2.75) is 45.7 Å². The molecule has 0 saturated heterocycles. The third-order valence-corrected chi connectivity index (χ3v) is 5.88. The molecule has 0 unspecified atom stereocenters. The Balaban J connectivity index is 1.79. The van der Waals surface area contributed by atoms with Crippen molar-refractivity contribution in [3.8, 4) is 0 Å². The largest absolute Gasteiger partial charge is 0.467 e. The first-order valence-electron chi connectivity index (χ1n) is 12.0. The maximum absolute atomic E-state index is 13.5. The van der Waals surface area contributed by atoms with Crippen LogP contribution in [0.4, 0.5) is 0 Å². The summed E-state index contributed by atoms with van der Waals surface area (Å²) in [5.74, 6) is 0.402. The van der Waals surface area contributed by atoms with E-state index in [0.29, 0.717) is 44.0 Å². The fraction of sp³-hybridized carbons (Fsp3) is 0.379. The third-order valence-electron chi connectivity index (χ3n) is 5.88. The van der Waals surface area contributed by atoms with Gasteiger partial charge in [0.05, 0.1) is 12.8 Å². The Kier molecular flexibility index (Phi) is 9.26. The summed E-state index contributed by atoms with van der Waals surface area (Å²) < 4.78 is 10.7. The van der Waals surface area contributed by atoms with Gasteiger partial charge in [-0.3, -0.25) is 9.59 Å². The Hall–Kier alpha value is -3.38. The SMILES string of the molecule is COCCCN(CC(=O)N(Cc1ccccc1)Cc1ccco1)C(=O)c1ccc(C(C)(C)C)cc1. The van der Waals surface area contributed by atoms with Crippen LogP contribution in [-0.4, -0.2) is 48.4 Å². The maximum Gasteiger partial charge on any atom is 0.254 e. The molecule has 6 nitrogen and oxygen atoms in total. The molecule has 0 aliphatic rings. The molecule has 0 bridgehead atoms. The molecule has 0 N–H and O–H groups in total. The van der Waals surface area contributed by atoms with Crippen molar-refractivity contribution in [2.75, 3.05) is 26.8 Å². The van der Waals surface area contributed by atoms with Crippen LogP contribution in [0.5, 0.6) is 0 Å². The molecule has 3 aromatic rings. The van der Waals surface area contributed by atoms with Crippen LogP contribution in [0.25, 0.3) is 0 Å². The van der Waals surface area contributed by atoms with Gasteiger partial charge in [0.25, 0.3) is 5.91 Å². The van der Waals surface area contributed by atoms with E-state index in [4.69, 9.17) is 9.15 Å². The molecule has 0 radical (unpaired) electrons. The number of furan rings is 1. The molecule has 186 valence electrons. The predicted molar refractivity (Wildman–Crippen MR) is 137 cm³/mol. The highest BCUT2D eigenvalue weighted by Gasteiger charge is 2.24. The minimum absolute atomic E-state index is 0.000509. The molecule has 0 saturated carbocycles.